The van der Waals surface area contributed by atoms with E-state index < -0.39 is 62.8 Å². The standard InChI is InChI=1S/C29H30F5N3O8S/c1-27(2,3)44-26(40)36-12-11-20(16-5-4-6-19(13-16)45-46(41,42)29(32,33)34)21(15-36)24(38)37(17-7-8-17)18-9-10-23-22(14-18)35-25(39)28(30,31)43-23/h4-6,9-10,13-14,17,20-21H,7-8,11-12,15H2,1-3H3,(H,35,39)/t20-,21+/m1/s1. The lowest BCUT2D eigenvalue weighted by molar-refractivity contribution is -0.189. The summed E-state index contributed by atoms with van der Waals surface area (Å²) in [6.45, 7) is 4.96. The summed E-state index contributed by atoms with van der Waals surface area (Å²) >= 11 is 0. The number of alkyl halides is 5. The molecule has 0 aromatic heterocycles. The van der Waals surface area contributed by atoms with Crippen molar-refractivity contribution < 1.29 is 58.4 Å². The van der Waals surface area contributed by atoms with Crippen LogP contribution in [0.25, 0.3) is 0 Å². The average Bonchev–Trinajstić information content (AvgIpc) is 3.77. The van der Waals surface area contributed by atoms with Crippen molar-refractivity contribution in [3.63, 3.8) is 0 Å². The average molecular weight is 676 g/mol. The molecule has 2 heterocycles. The first-order valence-electron chi connectivity index (χ1n) is 14.2. The highest BCUT2D eigenvalue weighted by Crippen LogP contribution is 2.43. The highest BCUT2D eigenvalue weighted by atomic mass is 32.2. The van der Waals surface area contributed by atoms with Gasteiger partial charge in [0.15, 0.2) is 5.75 Å². The Bertz CT molecular complexity index is 1660. The largest absolute Gasteiger partial charge is 0.534 e. The Balaban J connectivity index is 1.50. The fourth-order valence-electron chi connectivity index (χ4n) is 5.33. The SMILES string of the molecule is CC(C)(C)OC(=O)N1CC[C@H](c2cccc(OS(=O)(=O)C(F)(F)F)c2)[C@@H](C(=O)N(c2ccc3c(c2)NC(=O)C(F)(F)O3)C2CC2)C1. The summed E-state index contributed by atoms with van der Waals surface area (Å²) in [4.78, 5) is 42.1. The molecule has 5 rings (SSSR count). The van der Waals surface area contributed by atoms with Gasteiger partial charge in [0.1, 0.15) is 11.4 Å². The molecule has 2 aromatic rings. The number of hydrogen-bond acceptors (Lipinski definition) is 8. The lowest BCUT2D eigenvalue weighted by Crippen LogP contribution is -2.51. The number of ether oxygens (including phenoxy) is 2. The lowest BCUT2D eigenvalue weighted by Gasteiger charge is -2.40. The van der Waals surface area contributed by atoms with Gasteiger partial charge >= 0.3 is 33.7 Å². The quantitative estimate of drug-likeness (QED) is 0.246. The van der Waals surface area contributed by atoms with E-state index >= 15 is 0 Å². The van der Waals surface area contributed by atoms with Crippen molar-refractivity contribution in [2.24, 2.45) is 5.92 Å². The molecule has 11 nitrogen and oxygen atoms in total. The number of carbonyl (C=O) groups is 3. The molecule has 3 aliphatic rings. The predicted molar refractivity (Wildman–Crippen MR) is 152 cm³/mol. The van der Waals surface area contributed by atoms with Gasteiger partial charge in [0.25, 0.3) is 0 Å². The minimum atomic E-state index is -5.97. The van der Waals surface area contributed by atoms with Crippen LogP contribution >= 0.6 is 0 Å². The Hall–Kier alpha value is -4.15. The van der Waals surface area contributed by atoms with Gasteiger partial charge in [-0.15, -0.1) is 0 Å². The highest BCUT2D eigenvalue weighted by molar-refractivity contribution is 7.88. The van der Waals surface area contributed by atoms with Crippen molar-refractivity contribution in [2.45, 2.75) is 69.2 Å². The van der Waals surface area contributed by atoms with Crippen molar-refractivity contribution in [2.75, 3.05) is 23.3 Å². The third kappa shape index (κ3) is 6.98. The van der Waals surface area contributed by atoms with E-state index in [1.165, 1.54) is 40.1 Å². The molecule has 0 bridgehead atoms. The maximum atomic E-state index is 14.4. The van der Waals surface area contributed by atoms with Crippen molar-refractivity contribution in [1.82, 2.24) is 4.90 Å². The number of benzene rings is 2. The molecular formula is C29H30F5N3O8S. The number of halogens is 5. The molecule has 0 radical (unpaired) electrons. The van der Waals surface area contributed by atoms with Crippen molar-refractivity contribution in [3.8, 4) is 11.5 Å². The van der Waals surface area contributed by atoms with E-state index in [1.54, 1.807) is 20.8 Å². The summed E-state index contributed by atoms with van der Waals surface area (Å²) in [6.07, 6.45) is -3.44. The third-order valence-electron chi connectivity index (χ3n) is 7.50. The molecule has 17 heteroatoms. The van der Waals surface area contributed by atoms with E-state index in [2.05, 4.69) is 14.2 Å². The van der Waals surface area contributed by atoms with E-state index in [0.29, 0.717) is 18.4 Å². The number of amides is 3. The minimum Gasteiger partial charge on any atom is -0.444 e. The van der Waals surface area contributed by atoms with Gasteiger partial charge in [-0.25, -0.2) is 4.79 Å². The van der Waals surface area contributed by atoms with Crippen LogP contribution in [0, 0.1) is 5.92 Å². The number of piperidine rings is 1. The second-order valence-electron chi connectivity index (χ2n) is 12.2. The lowest BCUT2D eigenvalue weighted by atomic mass is 9.79. The Labute approximate surface area is 260 Å². The molecule has 2 aromatic carbocycles. The van der Waals surface area contributed by atoms with Gasteiger partial charge in [-0.3, -0.25) is 9.59 Å². The first-order valence-corrected chi connectivity index (χ1v) is 15.6. The first kappa shape index (κ1) is 33.2. The molecule has 250 valence electrons. The van der Waals surface area contributed by atoms with Gasteiger partial charge in [0.2, 0.25) is 5.91 Å². The van der Waals surface area contributed by atoms with E-state index in [1.807, 2.05) is 0 Å². The fraction of sp³-hybridized carbons (Fsp3) is 0.483. The number of nitrogens with one attached hydrogen (secondary N) is 1. The molecule has 2 aliphatic heterocycles. The van der Waals surface area contributed by atoms with Crippen LogP contribution in [0.3, 0.4) is 0 Å². The van der Waals surface area contributed by atoms with Crippen LogP contribution in [-0.2, 0) is 24.4 Å². The zero-order chi connectivity index (χ0) is 33.8. The highest BCUT2D eigenvalue weighted by Gasteiger charge is 2.49. The smallest absolute Gasteiger partial charge is 0.444 e. The molecule has 3 amide bonds. The molecule has 1 saturated carbocycles. The van der Waals surface area contributed by atoms with Crippen LogP contribution in [0.1, 0.15) is 51.5 Å². The Morgan fingerprint density at radius 2 is 1.76 bits per heavy atom. The Morgan fingerprint density at radius 3 is 2.39 bits per heavy atom. The topological polar surface area (TPSA) is 132 Å². The molecule has 1 aliphatic carbocycles. The van der Waals surface area contributed by atoms with Crippen LogP contribution in [0.2, 0.25) is 0 Å². The number of carbonyl (C=O) groups excluding carboxylic acids is 3. The Kier molecular flexibility index (Phi) is 8.36. The maximum absolute atomic E-state index is 14.4. The zero-order valence-electron chi connectivity index (χ0n) is 24.8. The minimum absolute atomic E-state index is 0.0850. The van der Waals surface area contributed by atoms with Gasteiger partial charge in [-0.2, -0.15) is 30.4 Å². The third-order valence-corrected chi connectivity index (χ3v) is 8.48. The summed E-state index contributed by atoms with van der Waals surface area (Å²) in [5.41, 5.74) is -6.06. The zero-order valence-corrected chi connectivity index (χ0v) is 25.6. The molecule has 0 unspecified atom stereocenters. The van der Waals surface area contributed by atoms with Crippen LogP contribution in [-0.4, -0.2) is 67.6 Å². The summed E-state index contributed by atoms with van der Waals surface area (Å²) < 4.78 is 104. The monoisotopic (exact) mass is 675 g/mol. The van der Waals surface area contributed by atoms with Gasteiger partial charge in [0.05, 0.1) is 11.6 Å². The van der Waals surface area contributed by atoms with E-state index in [9.17, 15) is 44.8 Å². The Morgan fingerprint density at radius 1 is 1.07 bits per heavy atom. The molecule has 46 heavy (non-hydrogen) atoms. The predicted octanol–water partition coefficient (Wildman–Crippen LogP) is 5.37. The van der Waals surface area contributed by atoms with Gasteiger partial charge in [-0.05, 0) is 81.8 Å². The van der Waals surface area contributed by atoms with Gasteiger partial charge in [0, 0.05) is 24.8 Å². The molecule has 2 fully saturated rings. The number of likely N-dealkylation sites (tertiary alicyclic amines) is 1. The van der Waals surface area contributed by atoms with E-state index in [4.69, 9.17) is 4.74 Å². The molecular weight excluding hydrogens is 645 g/mol. The number of hydrogen-bond donors (Lipinski definition) is 1. The normalized spacial score (nSPS) is 21.4. The summed E-state index contributed by atoms with van der Waals surface area (Å²) in [5, 5.41) is 2.07. The summed E-state index contributed by atoms with van der Waals surface area (Å²) in [6, 6.07) is 8.51. The summed E-state index contributed by atoms with van der Waals surface area (Å²) in [5.74, 6) is -4.84. The number of fused-ring (bicyclic) bond motifs is 1. The van der Waals surface area contributed by atoms with E-state index in [-0.39, 0.29) is 42.7 Å². The molecule has 1 saturated heterocycles. The number of anilines is 2. The van der Waals surface area contributed by atoms with Gasteiger partial charge in [-0.1, -0.05) is 12.1 Å². The molecule has 2 atom stereocenters. The molecule has 1 N–H and O–H groups in total. The van der Waals surface area contributed by atoms with Crippen LogP contribution in [0.15, 0.2) is 42.5 Å². The van der Waals surface area contributed by atoms with Crippen LogP contribution in [0.5, 0.6) is 11.5 Å². The van der Waals surface area contributed by atoms with E-state index in [0.717, 1.165) is 12.1 Å². The first-order chi connectivity index (χ1) is 21.3. The van der Waals surface area contributed by atoms with Gasteiger partial charge < -0.3 is 28.8 Å². The van der Waals surface area contributed by atoms with Crippen molar-refractivity contribution in [3.05, 3.63) is 48.0 Å². The van der Waals surface area contributed by atoms with Crippen molar-refractivity contribution >= 4 is 39.4 Å². The fourth-order valence-corrected chi connectivity index (χ4v) is 5.78. The second-order valence-corrected chi connectivity index (χ2v) is 13.7. The number of nitrogens with zero attached hydrogens (tertiary/aromatic N) is 2. The van der Waals surface area contributed by atoms with Crippen LogP contribution < -0.4 is 19.1 Å². The molecule has 0 spiro atoms. The maximum Gasteiger partial charge on any atom is 0.534 e. The van der Waals surface area contributed by atoms with Crippen molar-refractivity contribution in [1.29, 1.82) is 0 Å². The van der Waals surface area contributed by atoms with Crippen LogP contribution in [0.4, 0.5) is 38.1 Å². The summed E-state index contributed by atoms with van der Waals surface area (Å²) in [7, 11) is -5.97. The number of rotatable bonds is 6. The second kappa shape index (κ2) is 11.6.